The number of hydrogen-bond donors (Lipinski definition) is 1. The first-order chi connectivity index (χ1) is 7.15. The van der Waals surface area contributed by atoms with E-state index >= 15 is 0 Å². The van der Waals surface area contributed by atoms with Gasteiger partial charge in [-0.1, -0.05) is 6.07 Å². The molecule has 1 saturated heterocycles. The standard InChI is InChI=1S/C10H11FN2O2/c11-8-5-13(6-8)9-2-1-7(4-12-9)3-10(14)15/h1-2,4,8H,3,5-6H2,(H,14,15). The van der Waals surface area contributed by atoms with E-state index in [2.05, 4.69) is 4.98 Å². The normalized spacial score (nSPS) is 16.2. The van der Waals surface area contributed by atoms with Crippen molar-refractivity contribution in [2.24, 2.45) is 0 Å². The maximum atomic E-state index is 12.6. The summed E-state index contributed by atoms with van der Waals surface area (Å²) in [7, 11) is 0. The predicted molar refractivity (Wildman–Crippen MR) is 52.7 cm³/mol. The number of carbonyl (C=O) groups is 1. The Hall–Kier alpha value is -1.65. The molecule has 80 valence electrons. The average molecular weight is 210 g/mol. The van der Waals surface area contributed by atoms with Crippen molar-refractivity contribution in [2.45, 2.75) is 12.6 Å². The summed E-state index contributed by atoms with van der Waals surface area (Å²) in [5, 5.41) is 8.55. The van der Waals surface area contributed by atoms with Gasteiger partial charge in [-0.05, 0) is 11.6 Å². The molecule has 0 aromatic carbocycles. The Morgan fingerprint density at radius 3 is 2.80 bits per heavy atom. The van der Waals surface area contributed by atoms with Gasteiger partial charge in [-0.2, -0.15) is 0 Å². The highest BCUT2D eigenvalue weighted by Gasteiger charge is 2.26. The molecule has 4 nitrogen and oxygen atoms in total. The molecule has 1 fully saturated rings. The van der Waals surface area contributed by atoms with Gasteiger partial charge in [-0.25, -0.2) is 9.37 Å². The van der Waals surface area contributed by atoms with Gasteiger partial charge in [-0.15, -0.1) is 0 Å². The minimum atomic E-state index is -0.877. The lowest BCUT2D eigenvalue weighted by Crippen LogP contribution is -2.48. The fraction of sp³-hybridized carbons (Fsp3) is 0.400. The first kappa shape index (κ1) is 9.89. The molecule has 0 amide bonds. The lowest BCUT2D eigenvalue weighted by Gasteiger charge is -2.35. The summed E-state index contributed by atoms with van der Waals surface area (Å²) < 4.78 is 12.6. The van der Waals surface area contributed by atoms with Crippen molar-refractivity contribution >= 4 is 11.8 Å². The fourth-order valence-electron chi connectivity index (χ4n) is 1.49. The predicted octanol–water partition coefficient (Wildman–Crippen LogP) is 0.867. The molecule has 5 heteroatoms. The minimum Gasteiger partial charge on any atom is -0.481 e. The smallest absolute Gasteiger partial charge is 0.307 e. The number of carboxylic acids is 1. The number of aromatic nitrogens is 1. The van der Waals surface area contributed by atoms with Gasteiger partial charge in [0.05, 0.1) is 19.5 Å². The zero-order chi connectivity index (χ0) is 10.8. The molecule has 1 aliphatic rings. The Kier molecular flexibility index (Phi) is 2.53. The van der Waals surface area contributed by atoms with Crippen LogP contribution in [-0.2, 0) is 11.2 Å². The summed E-state index contributed by atoms with van der Waals surface area (Å²) in [6.45, 7) is 0.760. The summed E-state index contributed by atoms with van der Waals surface area (Å²) >= 11 is 0. The van der Waals surface area contributed by atoms with Gasteiger partial charge in [0.1, 0.15) is 12.0 Å². The molecule has 2 rings (SSSR count). The number of rotatable bonds is 3. The van der Waals surface area contributed by atoms with Crippen LogP contribution < -0.4 is 4.90 Å². The molecule has 15 heavy (non-hydrogen) atoms. The Balaban J connectivity index is 2.01. The Bertz CT molecular complexity index is 360. The van der Waals surface area contributed by atoms with Gasteiger partial charge in [0, 0.05) is 6.20 Å². The van der Waals surface area contributed by atoms with Crippen LogP contribution in [-0.4, -0.2) is 35.3 Å². The van der Waals surface area contributed by atoms with E-state index in [0.29, 0.717) is 24.5 Å². The van der Waals surface area contributed by atoms with E-state index in [4.69, 9.17) is 5.11 Å². The third kappa shape index (κ3) is 2.23. The van der Waals surface area contributed by atoms with Crippen LogP contribution in [0.1, 0.15) is 5.56 Å². The zero-order valence-electron chi connectivity index (χ0n) is 8.06. The fourth-order valence-corrected chi connectivity index (χ4v) is 1.49. The van der Waals surface area contributed by atoms with Gasteiger partial charge in [-0.3, -0.25) is 4.79 Å². The van der Waals surface area contributed by atoms with Crippen molar-refractivity contribution < 1.29 is 14.3 Å². The molecule has 0 radical (unpaired) electrons. The van der Waals surface area contributed by atoms with E-state index in [0.717, 1.165) is 0 Å². The number of anilines is 1. The second-order valence-corrected chi connectivity index (χ2v) is 3.60. The monoisotopic (exact) mass is 210 g/mol. The number of pyridine rings is 1. The highest BCUT2D eigenvalue weighted by Crippen LogP contribution is 2.20. The number of nitrogens with zero attached hydrogens (tertiary/aromatic N) is 2. The summed E-state index contributed by atoms with van der Waals surface area (Å²) in [4.78, 5) is 16.3. The summed E-state index contributed by atoms with van der Waals surface area (Å²) in [5.74, 6) is -0.171. The molecule has 0 bridgehead atoms. The highest BCUT2D eigenvalue weighted by atomic mass is 19.1. The molecule has 1 aromatic rings. The van der Waals surface area contributed by atoms with Crippen LogP contribution in [0.2, 0.25) is 0 Å². The molecule has 2 heterocycles. The number of carboxylic acid groups (broad SMARTS) is 1. The molecule has 1 N–H and O–H groups in total. The average Bonchev–Trinajstić information content (AvgIpc) is 2.14. The van der Waals surface area contributed by atoms with Gasteiger partial charge < -0.3 is 10.0 Å². The molecular formula is C10H11FN2O2. The summed E-state index contributed by atoms with van der Waals surface area (Å²) in [6.07, 6.45) is 0.735. The van der Waals surface area contributed by atoms with Crippen LogP contribution in [0.5, 0.6) is 0 Å². The lowest BCUT2D eigenvalue weighted by atomic mass is 10.1. The van der Waals surface area contributed by atoms with Gasteiger partial charge in [0.25, 0.3) is 0 Å². The molecule has 0 aliphatic carbocycles. The lowest BCUT2D eigenvalue weighted by molar-refractivity contribution is -0.136. The number of hydrogen-bond acceptors (Lipinski definition) is 3. The first-order valence-corrected chi connectivity index (χ1v) is 4.71. The van der Waals surface area contributed by atoms with E-state index in [1.54, 1.807) is 12.1 Å². The summed E-state index contributed by atoms with van der Waals surface area (Å²) in [5.41, 5.74) is 0.656. The highest BCUT2D eigenvalue weighted by molar-refractivity contribution is 5.70. The SMILES string of the molecule is O=C(O)Cc1ccc(N2CC(F)C2)nc1. The van der Waals surface area contributed by atoms with Crippen molar-refractivity contribution in [3.63, 3.8) is 0 Å². The molecule has 0 spiro atoms. The zero-order valence-corrected chi connectivity index (χ0v) is 8.06. The maximum Gasteiger partial charge on any atom is 0.307 e. The third-order valence-electron chi connectivity index (χ3n) is 2.33. The van der Waals surface area contributed by atoms with Gasteiger partial charge in [0.15, 0.2) is 0 Å². The van der Waals surface area contributed by atoms with Gasteiger partial charge in [0.2, 0.25) is 0 Å². The Labute approximate surface area is 86.4 Å². The van der Waals surface area contributed by atoms with E-state index in [9.17, 15) is 9.18 Å². The van der Waals surface area contributed by atoms with E-state index in [-0.39, 0.29) is 6.42 Å². The van der Waals surface area contributed by atoms with Crippen molar-refractivity contribution in [3.8, 4) is 0 Å². The number of alkyl halides is 1. The quantitative estimate of drug-likeness (QED) is 0.804. The molecular weight excluding hydrogens is 199 g/mol. The Morgan fingerprint density at radius 1 is 1.60 bits per heavy atom. The number of aliphatic carboxylic acids is 1. The van der Waals surface area contributed by atoms with Crippen LogP contribution >= 0.6 is 0 Å². The van der Waals surface area contributed by atoms with Crippen LogP contribution in [0.3, 0.4) is 0 Å². The topological polar surface area (TPSA) is 53.4 Å². The van der Waals surface area contributed by atoms with E-state index < -0.39 is 12.1 Å². The number of halogens is 1. The second kappa shape index (κ2) is 3.84. The van der Waals surface area contributed by atoms with Crippen molar-refractivity contribution in [1.29, 1.82) is 0 Å². The van der Waals surface area contributed by atoms with Crippen molar-refractivity contribution in [3.05, 3.63) is 23.9 Å². The van der Waals surface area contributed by atoms with Crippen LogP contribution in [0, 0.1) is 0 Å². The summed E-state index contributed by atoms with van der Waals surface area (Å²) in [6, 6.07) is 3.44. The van der Waals surface area contributed by atoms with Gasteiger partial charge >= 0.3 is 5.97 Å². The molecule has 0 saturated carbocycles. The minimum absolute atomic E-state index is 0.0288. The molecule has 0 unspecified atom stereocenters. The van der Waals surface area contributed by atoms with Crippen molar-refractivity contribution in [1.82, 2.24) is 4.98 Å². The van der Waals surface area contributed by atoms with Crippen LogP contribution in [0.4, 0.5) is 10.2 Å². The largest absolute Gasteiger partial charge is 0.481 e. The van der Waals surface area contributed by atoms with E-state index in [1.807, 2.05) is 4.90 Å². The van der Waals surface area contributed by atoms with Crippen LogP contribution in [0.15, 0.2) is 18.3 Å². The molecule has 0 atom stereocenters. The Morgan fingerprint density at radius 2 is 2.33 bits per heavy atom. The molecule has 1 aromatic heterocycles. The molecule has 1 aliphatic heterocycles. The van der Waals surface area contributed by atoms with Crippen LogP contribution in [0.25, 0.3) is 0 Å². The second-order valence-electron chi connectivity index (χ2n) is 3.60. The third-order valence-corrected chi connectivity index (χ3v) is 2.33. The van der Waals surface area contributed by atoms with E-state index in [1.165, 1.54) is 6.20 Å². The van der Waals surface area contributed by atoms with Crippen molar-refractivity contribution in [2.75, 3.05) is 18.0 Å². The first-order valence-electron chi connectivity index (χ1n) is 4.71. The maximum absolute atomic E-state index is 12.6.